The van der Waals surface area contributed by atoms with Crippen molar-refractivity contribution < 1.29 is 14.7 Å². The third-order valence-corrected chi connectivity index (χ3v) is 2.64. The summed E-state index contributed by atoms with van der Waals surface area (Å²) in [5, 5.41) is 19.3. The summed E-state index contributed by atoms with van der Waals surface area (Å²) in [6.45, 7) is 2.90. The van der Waals surface area contributed by atoms with Gasteiger partial charge in [-0.25, -0.2) is 0 Å². The van der Waals surface area contributed by atoms with Gasteiger partial charge in [0.05, 0.1) is 24.8 Å². The van der Waals surface area contributed by atoms with Crippen molar-refractivity contribution in [2.75, 3.05) is 5.32 Å². The summed E-state index contributed by atoms with van der Waals surface area (Å²) in [5.74, 6) is -1.26. The first-order valence-electron chi connectivity index (χ1n) is 6.17. The molecule has 0 atom stereocenters. The highest BCUT2D eigenvalue weighted by molar-refractivity contribution is 6.02. The predicted molar refractivity (Wildman–Crippen MR) is 70.3 cm³/mol. The van der Waals surface area contributed by atoms with Crippen LogP contribution in [-0.2, 0) is 17.9 Å². The molecule has 106 valence electrons. The summed E-state index contributed by atoms with van der Waals surface area (Å²) in [6.07, 6.45) is 4.82. The number of carboxylic acid groups (broad SMARTS) is 1. The first-order chi connectivity index (χ1) is 9.58. The van der Waals surface area contributed by atoms with Crippen LogP contribution in [0.3, 0.4) is 0 Å². The number of nitrogens with one attached hydrogen (secondary N) is 1. The lowest BCUT2D eigenvalue weighted by Gasteiger charge is -1.99. The van der Waals surface area contributed by atoms with Crippen molar-refractivity contribution in [1.82, 2.24) is 19.6 Å². The van der Waals surface area contributed by atoms with E-state index in [0.717, 1.165) is 6.54 Å². The summed E-state index contributed by atoms with van der Waals surface area (Å²) < 4.78 is 3.12. The Morgan fingerprint density at radius 3 is 2.85 bits per heavy atom. The Hall–Kier alpha value is -2.64. The van der Waals surface area contributed by atoms with Crippen LogP contribution < -0.4 is 5.32 Å². The molecule has 8 nitrogen and oxygen atoms in total. The van der Waals surface area contributed by atoms with Gasteiger partial charge in [-0.1, -0.05) is 0 Å². The van der Waals surface area contributed by atoms with Crippen LogP contribution in [0.4, 0.5) is 5.69 Å². The van der Waals surface area contributed by atoms with Crippen molar-refractivity contribution in [2.24, 2.45) is 0 Å². The van der Waals surface area contributed by atoms with Crippen LogP contribution in [0.15, 0.2) is 24.7 Å². The Balaban J connectivity index is 1.97. The van der Waals surface area contributed by atoms with Crippen LogP contribution in [0, 0.1) is 0 Å². The highest BCUT2D eigenvalue weighted by atomic mass is 16.4. The first kappa shape index (κ1) is 13.8. The number of aliphatic carboxylic acids is 1. The fourth-order valence-corrected chi connectivity index (χ4v) is 1.61. The van der Waals surface area contributed by atoms with E-state index < -0.39 is 5.97 Å². The Kier molecular flexibility index (Phi) is 4.14. The summed E-state index contributed by atoms with van der Waals surface area (Å²) >= 11 is 0. The van der Waals surface area contributed by atoms with E-state index in [1.54, 1.807) is 29.3 Å². The SMILES string of the molecule is CCn1cc(NC(=O)c2ccn(CCC(=O)O)n2)cn1. The van der Waals surface area contributed by atoms with E-state index in [-0.39, 0.29) is 24.6 Å². The molecule has 20 heavy (non-hydrogen) atoms. The number of carbonyl (C=O) groups excluding carboxylic acids is 1. The summed E-state index contributed by atoms with van der Waals surface area (Å²) in [5.41, 5.74) is 0.830. The van der Waals surface area contributed by atoms with Gasteiger partial charge in [-0.2, -0.15) is 10.2 Å². The van der Waals surface area contributed by atoms with Crippen molar-refractivity contribution in [3.8, 4) is 0 Å². The zero-order valence-electron chi connectivity index (χ0n) is 11.0. The molecule has 0 spiro atoms. The molecular weight excluding hydrogens is 262 g/mol. The molecule has 8 heteroatoms. The molecular formula is C12H15N5O3. The molecule has 2 N–H and O–H groups in total. The molecule has 0 aliphatic heterocycles. The van der Waals surface area contributed by atoms with Crippen molar-refractivity contribution in [3.63, 3.8) is 0 Å². The van der Waals surface area contributed by atoms with Gasteiger partial charge in [-0.05, 0) is 13.0 Å². The molecule has 0 aliphatic carbocycles. The number of carbonyl (C=O) groups is 2. The van der Waals surface area contributed by atoms with Gasteiger partial charge in [0.25, 0.3) is 5.91 Å². The molecule has 0 radical (unpaired) electrons. The third kappa shape index (κ3) is 3.44. The van der Waals surface area contributed by atoms with E-state index in [1.807, 2.05) is 6.92 Å². The highest BCUT2D eigenvalue weighted by Gasteiger charge is 2.11. The molecule has 2 heterocycles. The second-order valence-corrected chi connectivity index (χ2v) is 4.15. The van der Waals surface area contributed by atoms with Crippen LogP contribution in [0.2, 0.25) is 0 Å². The minimum absolute atomic E-state index is 0.0357. The van der Waals surface area contributed by atoms with Crippen molar-refractivity contribution in [2.45, 2.75) is 26.4 Å². The zero-order valence-corrected chi connectivity index (χ0v) is 11.0. The lowest BCUT2D eigenvalue weighted by molar-refractivity contribution is -0.137. The number of hydrogen-bond acceptors (Lipinski definition) is 4. The van der Waals surface area contributed by atoms with E-state index in [0.29, 0.717) is 5.69 Å². The van der Waals surface area contributed by atoms with Crippen LogP contribution in [0.1, 0.15) is 23.8 Å². The van der Waals surface area contributed by atoms with Gasteiger partial charge in [0.15, 0.2) is 5.69 Å². The largest absolute Gasteiger partial charge is 0.481 e. The third-order valence-electron chi connectivity index (χ3n) is 2.64. The molecule has 1 amide bonds. The van der Waals surface area contributed by atoms with Gasteiger partial charge >= 0.3 is 5.97 Å². The van der Waals surface area contributed by atoms with Gasteiger partial charge in [0.2, 0.25) is 0 Å². The highest BCUT2D eigenvalue weighted by Crippen LogP contribution is 2.07. The van der Waals surface area contributed by atoms with Crippen LogP contribution in [-0.4, -0.2) is 36.5 Å². The number of hydrogen-bond donors (Lipinski definition) is 2. The minimum Gasteiger partial charge on any atom is -0.481 e. The van der Waals surface area contributed by atoms with E-state index in [9.17, 15) is 9.59 Å². The van der Waals surface area contributed by atoms with Crippen LogP contribution in [0.25, 0.3) is 0 Å². The van der Waals surface area contributed by atoms with Crippen molar-refractivity contribution >= 4 is 17.6 Å². The van der Waals surface area contributed by atoms with Crippen LogP contribution >= 0.6 is 0 Å². The molecule has 0 aromatic carbocycles. The Labute approximate surface area is 115 Å². The van der Waals surface area contributed by atoms with Crippen LogP contribution in [0.5, 0.6) is 0 Å². The van der Waals surface area contributed by atoms with Gasteiger partial charge < -0.3 is 10.4 Å². The second-order valence-electron chi connectivity index (χ2n) is 4.15. The zero-order chi connectivity index (χ0) is 14.5. The molecule has 0 saturated carbocycles. The van der Waals surface area contributed by atoms with Crippen molar-refractivity contribution in [1.29, 1.82) is 0 Å². The molecule has 0 fully saturated rings. The molecule has 0 bridgehead atoms. The maximum atomic E-state index is 11.9. The van der Waals surface area contributed by atoms with E-state index in [4.69, 9.17) is 5.11 Å². The number of aromatic nitrogens is 4. The number of rotatable bonds is 6. The number of anilines is 1. The fourth-order valence-electron chi connectivity index (χ4n) is 1.61. The lowest BCUT2D eigenvalue weighted by atomic mass is 10.4. The Morgan fingerprint density at radius 2 is 2.20 bits per heavy atom. The molecule has 0 unspecified atom stereocenters. The lowest BCUT2D eigenvalue weighted by Crippen LogP contribution is -2.13. The first-order valence-corrected chi connectivity index (χ1v) is 6.17. The van der Waals surface area contributed by atoms with Gasteiger partial charge in [-0.3, -0.25) is 19.0 Å². The fraction of sp³-hybridized carbons (Fsp3) is 0.333. The van der Waals surface area contributed by atoms with Gasteiger partial charge in [0.1, 0.15) is 0 Å². The minimum atomic E-state index is -0.904. The van der Waals surface area contributed by atoms with Gasteiger partial charge in [-0.15, -0.1) is 0 Å². The number of nitrogens with zero attached hydrogens (tertiary/aromatic N) is 4. The monoisotopic (exact) mass is 277 g/mol. The van der Waals surface area contributed by atoms with Gasteiger partial charge in [0, 0.05) is 18.9 Å². The number of aryl methyl sites for hydroxylation is 2. The molecule has 2 aromatic rings. The predicted octanol–water partition coefficient (Wildman–Crippen LogP) is 0.827. The smallest absolute Gasteiger partial charge is 0.305 e. The number of amides is 1. The summed E-state index contributed by atoms with van der Waals surface area (Å²) in [6, 6.07) is 1.54. The Bertz CT molecular complexity index is 616. The average Bonchev–Trinajstić information content (AvgIpc) is 3.04. The standard InChI is InChI=1S/C12H15N5O3/c1-2-16-8-9(7-13-16)14-12(20)10-3-5-17(15-10)6-4-11(18)19/h3,5,7-8H,2,4,6H2,1H3,(H,14,20)(H,18,19). The maximum absolute atomic E-state index is 11.9. The quantitative estimate of drug-likeness (QED) is 0.814. The average molecular weight is 277 g/mol. The topological polar surface area (TPSA) is 102 Å². The van der Waals surface area contributed by atoms with Crippen molar-refractivity contribution in [3.05, 3.63) is 30.4 Å². The van der Waals surface area contributed by atoms with E-state index in [2.05, 4.69) is 15.5 Å². The molecule has 2 aromatic heterocycles. The molecule has 0 saturated heterocycles. The van der Waals surface area contributed by atoms with E-state index in [1.165, 1.54) is 4.68 Å². The number of carboxylic acids is 1. The second kappa shape index (κ2) is 6.00. The molecule has 2 rings (SSSR count). The normalized spacial score (nSPS) is 10.4. The summed E-state index contributed by atoms with van der Waals surface area (Å²) in [7, 11) is 0. The maximum Gasteiger partial charge on any atom is 0.305 e. The Morgan fingerprint density at radius 1 is 1.40 bits per heavy atom. The molecule has 0 aliphatic rings. The van der Waals surface area contributed by atoms with E-state index >= 15 is 0 Å². The summed E-state index contributed by atoms with van der Waals surface area (Å²) in [4.78, 5) is 22.4.